The number of ether oxygens (including phenoxy) is 1. The number of amides is 3. The second-order valence-electron chi connectivity index (χ2n) is 6.65. The molecule has 11 heteroatoms. The van der Waals surface area contributed by atoms with Crippen LogP contribution in [0, 0.1) is 5.92 Å². The first-order chi connectivity index (χ1) is 13.1. The second kappa shape index (κ2) is 9.35. The minimum atomic E-state index is -4.04. The summed E-state index contributed by atoms with van der Waals surface area (Å²) in [5.41, 5.74) is -0.263. The zero-order chi connectivity index (χ0) is 20.9. The predicted molar refractivity (Wildman–Crippen MR) is 101 cm³/mol. The highest BCUT2D eigenvalue weighted by Crippen LogP contribution is 2.23. The fourth-order valence-corrected chi connectivity index (χ4v) is 3.68. The minimum Gasteiger partial charge on any atom is -0.452 e. The van der Waals surface area contributed by atoms with Gasteiger partial charge in [-0.05, 0) is 37.0 Å². The Bertz CT molecular complexity index is 874. The van der Waals surface area contributed by atoms with Crippen molar-refractivity contribution in [1.82, 2.24) is 10.6 Å². The van der Waals surface area contributed by atoms with Crippen molar-refractivity contribution < 1.29 is 27.5 Å². The molecule has 1 aromatic rings. The van der Waals surface area contributed by atoms with Crippen LogP contribution in [0.5, 0.6) is 0 Å². The zero-order valence-corrected chi connectivity index (χ0v) is 16.8. The molecule has 28 heavy (non-hydrogen) atoms. The van der Waals surface area contributed by atoms with E-state index in [0.29, 0.717) is 5.92 Å². The number of carbonyl (C=O) groups is 3. The lowest BCUT2D eigenvalue weighted by Gasteiger charge is -2.29. The Labute approximate surface area is 168 Å². The maximum Gasteiger partial charge on any atom is 0.340 e. The third-order valence-electron chi connectivity index (χ3n) is 4.50. The number of hydrogen-bond acceptors (Lipinski definition) is 6. The molecule has 1 saturated carbocycles. The second-order valence-corrected chi connectivity index (χ2v) is 8.62. The third-order valence-corrected chi connectivity index (χ3v) is 5.74. The van der Waals surface area contributed by atoms with Crippen molar-refractivity contribution in [2.24, 2.45) is 11.1 Å². The van der Waals surface area contributed by atoms with E-state index in [9.17, 15) is 22.8 Å². The Kier molecular flexibility index (Phi) is 7.39. The number of primary sulfonamides is 1. The van der Waals surface area contributed by atoms with E-state index in [1.165, 1.54) is 6.07 Å². The minimum absolute atomic E-state index is 0.0103. The summed E-state index contributed by atoms with van der Waals surface area (Å²) in [7, 11) is -4.04. The molecule has 0 spiro atoms. The smallest absolute Gasteiger partial charge is 0.340 e. The number of carbonyl (C=O) groups excluding carboxylic acids is 3. The van der Waals surface area contributed by atoms with Crippen LogP contribution in [0.3, 0.4) is 0 Å². The Balaban J connectivity index is 1.88. The van der Waals surface area contributed by atoms with E-state index in [0.717, 1.165) is 37.8 Å². The lowest BCUT2D eigenvalue weighted by Crippen LogP contribution is -2.48. The number of nitrogens with two attached hydrogens (primary N) is 1. The molecular weight excluding hydrogens is 410 g/mol. The summed E-state index contributed by atoms with van der Waals surface area (Å²) >= 11 is 5.86. The van der Waals surface area contributed by atoms with E-state index < -0.39 is 34.5 Å². The molecule has 1 fully saturated rings. The van der Waals surface area contributed by atoms with Gasteiger partial charge in [-0.25, -0.2) is 23.1 Å². The number of rotatable bonds is 5. The fourth-order valence-electron chi connectivity index (χ4n) is 2.94. The van der Waals surface area contributed by atoms with Crippen molar-refractivity contribution in [3.05, 3.63) is 28.8 Å². The Morgan fingerprint density at radius 1 is 1.25 bits per heavy atom. The van der Waals surface area contributed by atoms with E-state index in [2.05, 4.69) is 10.6 Å². The molecule has 0 radical (unpaired) electrons. The molecule has 0 aromatic heterocycles. The lowest BCUT2D eigenvalue weighted by atomic mass is 9.86. The van der Waals surface area contributed by atoms with Crippen LogP contribution < -0.4 is 15.8 Å². The number of halogens is 1. The van der Waals surface area contributed by atoms with Crippen LogP contribution in [0.25, 0.3) is 0 Å². The van der Waals surface area contributed by atoms with Crippen molar-refractivity contribution in [2.75, 3.05) is 6.61 Å². The Morgan fingerprint density at radius 2 is 1.93 bits per heavy atom. The molecule has 0 heterocycles. The Morgan fingerprint density at radius 3 is 2.57 bits per heavy atom. The fraction of sp³-hybridized carbons (Fsp3) is 0.471. The molecule has 1 aliphatic carbocycles. The van der Waals surface area contributed by atoms with Gasteiger partial charge in [-0.2, -0.15) is 0 Å². The highest BCUT2D eigenvalue weighted by atomic mass is 35.5. The number of hydrogen-bond donors (Lipinski definition) is 3. The first kappa shape index (κ1) is 22.1. The van der Waals surface area contributed by atoms with Gasteiger partial charge in [-0.3, -0.25) is 10.1 Å². The van der Waals surface area contributed by atoms with E-state index >= 15 is 0 Å². The van der Waals surface area contributed by atoms with Crippen LogP contribution in [-0.4, -0.2) is 39.0 Å². The quantitative estimate of drug-likeness (QED) is 0.603. The molecule has 0 saturated heterocycles. The average Bonchev–Trinajstić information content (AvgIpc) is 2.61. The SMILES string of the molecule is CC1CCCCC1NC(=O)NC(=O)COC(=O)c1cc(S(N)(=O)=O)ccc1Cl. The van der Waals surface area contributed by atoms with Crippen LogP contribution in [0.1, 0.15) is 43.0 Å². The molecule has 2 rings (SSSR count). The molecule has 1 aromatic carbocycles. The van der Waals surface area contributed by atoms with Crippen LogP contribution in [-0.2, 0) is 19.6 Å². The van der Waals surface area contributed by atoms with E-state index in [1.807, 2.05) is 6.92 Å². The third kappa shape index (κ3) is 6.18. The zero-order valence-electron chi connectivity index (χ0n) is 15.2. The van der Waals surface area contributed by atoms with Crippen molar-refractivity contribution in [2.45, 2.75) is 43.5 Å². The van der Waals surface area contributed by atoms with Crippen LogP contribution >= 0.6 is 11.6 Å². The van der Waals surface area contributed by atoms with Gasteiger partial charge < -0.3 is 10.1 Å². The van der Waals surface area contributed by atoms with E-state index in [-0.39, 0.29) is 21.5 Å². The van der Waals surface area contributed by atoms with Crippen molar-refractivity contribution in [3.63, 3.8) is 0 Å². The van der Waals surface area contributed by atoms with Gasteiger partial charge in [0.05, 0.1) is 15.5 Å². The predicted octanol–water partition coefficient (Wildman–Crippen LogP) is 1.55. The van der Waals surface area contributed by atoms with E-state index in [1.54, 1.807) is 0 Å². The molecule has 9 nitrogen and oxygen atoms in total. The van der Waals surface area contributed by atoms with Crippen molar-refractivity contribution in [3.8, 4) is 0 Å². The standard InChI is InChI=1S/C17H22ClN3O6S/c1-10-4-2-3-5-14(10)20-17(24)21-15(22)9-27-16(23)12-8-11(28(19,25)26)6-7-13(12)18/h6-8,10,14H,2-5,9H2,1H3,(H2,19,25,26)(H2,20,21,22,24). The lowest BCUT2D eigenvalue weighted by molar-refractivity contribution is -0.123. The van der Waals surface area contributed by atoms with Crippen LogP contribution in [0.2, 0.25) is 5.02 Å². The highest BCUT2D eigenvalue weighted by molar-refractivity contribution is 7.89. The molecular formula is C17H22ClN3O6S. The van der Waals surface area contributed by atoms with Gasteiger partial charge in [0.2, 0.25) is 10.0 Å². The van der Waals surface area contributed by atoms with E-state index in [4.69, 9.17) is 21.5 Å². The molecule has 2 atom stereocenters. The molecule has 0 bridgehead atoms. The molecule has 3 amide bonds. The van der Waals surface area contributed by atoms with Crippen molar-refractivity contribution >= 4 is 39.5 Å². The number of imide groups is 1. The van der Waals surface area contributed by atoms with Gasteiger partial charge >= 0.3 is 12.0 Å². The van der Waals surface area contributed by atoms with Gasteiger partial charge in [0.15, 0.2) is 6.61 Å². The molecule has 154 valence electrons. The molecule has 0 aliphatic heterocycles. The summed E-state index contributed by atoms with van der Waals surface area (Å²) in [5, 5.41) is 9.77. The number of nitrogens with one attached hydrogen (secondary N) is 2. The first-order valence-electron chi connectivity index (χ1n) is 8.67. The summed E-state index contributed by atoms with van der Waals surface area (Å²) < 4.78 is 27.5. The summed E-state index contributed by atoms with van der Waals surface area (Å²) in [4.78, 5) is 35.5. The van der Waals surface area contributed by atoms with Gasteiger partial charge in [-0.15, -0.1) is 0 Å². The van der Waals surface area contributed by atoms with Gasteiger partial charge in [0.1, 0.15) is 0 Å². The first-order valence-corrected chi connectivity index (χ1v) is 10.6. The normalized spacial score (nSPS) is 19.5. The Hall–Kier alpha value is -2.17. The number of urea groups is 1. The summed E-state index contributed by atoms with van der Waals surface area (Å²) in [6, 6.07) is 2.60. The summed E-state index contributed by atoms with van der Waals surface area (Å²) in [6.07, 6.45) is 3.98. The summed E-state index contributed by atoms with van der Waals surface area (Å²) in [5.74, 6) is -1.53. The van der Waals surface area contributed by atoms with Crippen LogP contribution in [0.15, 0.2) is 23.1 Å². The van der Waals surface area contributed by atoms with Crippen molar-refractivity contribution in [1.29, 1.82) is 0 Å². The number of esters is 1. The monoisotopic (exact) mass is 431 g/mol. The average molecular weight is 432 g/mol. The molecule has 4 N–H and O–H groups in total. The maximum absolute atomic E-state index is 12.1. The molecule has 1 aliphatic rings. The maximum atomic E-state index is 12.1. The van der Waals surface area contributed by atoms with Crippen LogP contribution in [0.4, 0.5) is 4.79 Å². The molecule has 2 unspecified atom stereocenters. The number of benzene rings is 1. The largest absolute Gasteiger partial charge is 0.452 e. The number of sulfonamides is 1. The highest BCUT2D eigenvalue weighted by Gasteiger charge is 2.24. The topological polar surface area (TPSA) is 145 Å². The summed E-state index contributed by atoms with van der Waals surface area (Å²) in [6.45, 7) is 1.30. The van der Waals surface area contributed by atoms with Gasteiger partial charge in [0, 0.05) is 6.04 Å². The van der Waals surface area contributed by atoms with Gasteiger partial charge in [-0.1, -0.05) is 31.4 Å². The van der Waals surface area contributed by atoms with Gasteiger partial charge in [0.25, 0.3) is 5.91 Å².